The summed E-state index contributed by atoms with van der Waals surface area (Å²) in [5.74, 6) is -0.0483. The average molecular weight is 355 g/mol. The predicted molar refractivity (Wildman–Crippen MR) is 99.5 cm³/mol. The molecule has 0 aromatic heterocycles. The second-order valence-electron chi connectivity index (χ2n) is 5.62. The van der Waals surface area contributed by atoms with Gasteiger partial charge in [-0.15, -0.1) is 5.75 Å². The number of methoxy groups -OCH3 is 1. The van der Waals surface area contributed by atoms with Gasteiger partial charge in [-0.05, 0) is 24.1 Å². The van der Waals surface area contributed by atoms with E-state index >= 15 is 0 Å². The standard InChI is InChI=1S/C20H24N2O4/c1-26-20(25)11-10-17(16-7-3-5-9-19(16)24)22-13-12-21-14-15-6-2-4-8-18(15)23/h2-9,11,14,17,22-25H,10,12-13H2,1H3/p-1/b20-11+,21-14?. The predicted octanol–water partition coefficient (Wildman–Crippen LogP) is 2.65. The summed E-state index contributed by atoms with van der Waals surface area (Å²) in [5, 5.41) is 34.5. The van der Waals surface area contributed by atoms with Gasteiger partial charge in [0.1, 0.15) is 5.75 Å². The molecule has 26 heavy (non-hydrogen) atoms. The third kappa shape index (κ3) is 5.82. The Morgan fingerprint density at radius 3 is 2.69 bits per heavy atom. The molecule has 1 atom stereocenters. The normalized spacial score (nSPS) is 13.0. The van der Waals surface area contributed by atoms with Gasteiger partial charge in [0.15, 0.2) is 0 Å². The van der Waals surface area contributed by atoms with Crippen molar-refractivity contribution in [1.29, 1.82) is 0 Å². The average Bonchev–Trinajstić information content (AvgIpc) is 2.65. The van der Waals surface area contributed by atoms with Crippen LogP contribution >= 0.6 is 0 Å². The van der Waals surface area contributed by atoms with Crippen LogP contribution in [0.15, 0.2) is 65.5 Å². The summed E-state index contributed by atoms with van der Waals surface area (Å²) < 4.78 is 4.74. The molecule has 0 aliphatic heterocycles. The molecule has 0 aliphatic rings. The Morgan fingerprint density at radius 1 is 1.23 bits per heavy atom. The Bertz CT molecular complexity index is 759. The molecule has 1 unspecified atom stereocenters. The lowest BCUT2D eigenvalue weighted by molar-refractivity contribution is -0.268. The summed E-state index contributed by atoms with van der Waals surface area (Å²) in [5.41, 5.74) is 1.28. The van der Waals surface area contributed by atoms with E-state index in [0.29, 0.717) is 25.1 Å². The smallest absolute Gasteiger partial charge is 0.272 e. The minimum atomic E-state index is -0.213. The number of aromatic hydroxyl groups is 1. The first-order chi connectivity index (χ1) is 12.6. The zero-order valence-corrected chi connectivity index (χ0v) is 14.6. The van der Waals surface area contributed by atoms with E-state index in [0.717, 1.165) is 5.56 Å². The van der Waals surface area contributed by atoms with Crippen LogP contribution in [0.5, 0.6) is 11.5 Å². The molecule has 0 saturated heterocycles. The fraction of sp³-hybridized carbons (Fsp3) is 0.250. The molecule has 0 saturated carbocycles. The molecule has 6 nitrogen and oxygen atoms in total. The van der Waals surface area contributed by atoms with E-state index in [1.807, 2.05) is 12.1 Å². The molecule has 138 valence electrons. The van der Waals surface area contributed by atoms with Crippen LogP contribution in [0.2, 0.25) is 0 Å². The van der Waals surface area contributed by atoms with Gasteiger partial charge in [-0.25, -0.2) is 0 Å². The number of benzene rings is 2. The summed E-state index contributed by atoms with van der Waals surface area (Å²) in [7, 11) is 1.39. The first-order valence-electron chi connectivity index (χ1n) is 8.32. The van der Waals surface area contributed by atoms with E-state index in [1.165, 1.54) is 13.2 Å². The maximum atomic E-state index is 11.6. The summed E-state index contributed by atoms with van der Waals surface area (Å²) in [6.07, 6.45) is 3.54. The molecule has 0 aliphatic carbocycles. The van der Waals surface area contributed by atoms with Crippen LogP contribution in [0.3, 0.4) is 0 Å². The monoisotopic (exact) mass is 355 g/mol. The number of phenols is 1. The molecule has 6 heteroatoms. The van der Waals surface area contributed by atoms with Crippen molar-refractivity contribution in [3.05, 3.63) is 71.7 Å². The Kier molecular flexibility index (Phi) is 7.51. The van der Waals surface area contributed by atoms with Crippen molar-refractivity contribution in [3.63, 3.8) is 0 Å². The quantitative estimate of drug-likeness (QED) is 0.365. The number of hydrogen-bond donors (Lipinski definition) is 3. The van der Waals surface area contributed by atoms with Gasteiger partial charge < -0.3 is 25.4 Å². The zero-order valence-electron chi connectivity index (χ0n) is 14.6. The first kappa shape index (κ1) is 19.3. The maximum Gasteiger partial charge on any atom is 0.272 e. The number of aliphatic hydroxyl groups is 1. The molecule has 0 spiro atoms. The van der Waals surface area contributed by atoms with Gasteiger partial charge in [-0.3, -0.25) is 4.99 Å². The highest BCUT2D eigenvalue weighted by Gasteiger charge is 2.13. The third-order valence-electron chi connectivity index (χ3n) is 3.83. The van der Waals surface area contributed by atoms with Crippen LogP contribution in [-0.4, -0.2) is 36.6 Å². The van der Waals surface area contributed by atoms with Crippen LogP contribution in [0, 0.1) is 0 Å². The number of phenolic OH excluding ortho intramolecular Hbond substituents is 1. The van der Waals surface area contributed by atoms with Gasteiger partial charge >= 0.3 is 0 Å². The van der Waals surface area contributed by atoms with E-state index in [-0.39, 0.29) is 23.5 Å². The van der Waals surface area contributed by atoms with E-state index in [2.05, 4.69) is 10.3 Å². The summed E-state index contributed by atoms with van der Waals surface area (Å²) in [6, 6.07) is 13.5. The van der Waals surface area contributed by atoms with Crippen molar-refractivity contribution in [2.75, 3.05) is 20.2 Å². The third-order valence-corrected chi connectivity index (χ3v) is 3.83. The van der Waals surface area contributed by atoms with Gasteiger partial charge in [0.25, 0.3) is 5.95 Å². The highest BCUT2D eigenvalue weighted by Crippen LogP contribution is 2.26. The van der Waals surface area contributed by atoms with Gasteiger partial charge in [0.05, 0.1) is 13.7 Å². The van der Waals surface area contributed by atoms with Crippen LogP contribution in [0.25, 0.3) is 0 Å². The summed E-state index contributed by atoms with van der Waals surface area (Å²) in [6.45, 7) is 1.01. The van der Waals surface area contributed by atoms with E-state index in [9.17, 15) is 15.3 Å². The summed E-state index contributed by atoms with van der Waals surface area (Å²) >= 11 is 0. The molecule has 3 N–H and O–H groups in total. The number of para-hydroxylation sites is 2. The number of nitrogens with zero attached hydrogens (tertiary/aromatic N) is 1. The van der Waals surface area contributed by atoms with Crippen molar-refractivity contribution in [1.82, 2.24) is 5.32 Å². The number of aliphatic imine (C=N–C) groups is 1. The molecule has 0 fully saturated rings. The molecule has 2 rings (SSSR count). The van der Waals surface area contributed by atoms with Crippen LogP contribution in [0.4, 0.5) is 0 Å². The Balaban J connectivity index is 1.96. The number of nitrogens with one attached hydrogen (secondary N) is 1. The molecule has 0 radical (unpaired) electrons. The van der Waals surface area contributed by atoms with E-state index in [1.54, 1.807) is 42.6 Å². The number of rotatable bonds is 9. The lowest BCUT2D eigenvalue weighted by Crippen LogP contribution is -2.24. The molecule has 2 aromatic rings. The SMILES string of the molecule is CO/C(O)=C/CC(NCCN=Cc1ccccc1[O-])c1ccccc1O. The molecular formula is C20H23N2O4-. The molecule has 0 amide bonds. The highest BCUT2D eigenvalue weighted by molar-refractivity contribution is 5.82. The zero-order chi connectivity index (χ0) is 18.8. The summed E-state index contributed by atoms with van der Waals surface area (Å²) in [4.78, 5) is 4.26. The van der Waals surface area contributed by atoms with Crippen molar-refractivity contribution in [2.45, 2.75) is 12.5 Å². The molecule has 0 bridgehead atoms. The van der Waals surface area contributed by atoms with E-state index < -0.39 is 0 Å². The maximum absolute atomic E-state index is 11.6. The van der Waals surface area contributed by atoms with Crippen LogP contribution < -0.4 is 10.4 Å². The minimum absolute atomic E-state index is 0.0588. The first-order valence-corrected chi connectivity index (χ1v) is 8.32. The van der Waals surface area contributed by atoms with Gasteiger partial charge in [-0.2, -0.15) is 0 Å². The van der Waals surface area contributed by atoms with Crippen molar-refractivity contribution < 1.29 is 20.1 Å². The lowest BCUT2D eigenvalue weighted by atomic mass is 10.0. The molecular weight excluding hydrogens is 332 g/mol. The Hall–Kier alpha value is -2.99. The number of ether oxygens (including phenoxy) is 1. The second kappa shape index (κ2) is 10.1. The van der Waals surface area contributed by atoms with Gasteiger partial charge in [0.2, 0.25) is 0 Å². The molecule has 0 heterocycles. The van der Waals surface area contributed by atoms with Crippen LogP contribution in [-0.2, 0) is 4.74 Å². The lowest BCUT2D eigenvalue weighted by Gasteiger charge is -2.18. The minimum Gasteiger partial charge on any atom is -0.872 e. The highest BCUT2D eigenvalue weighted by atomic mass is 16.6. The van der Waals surface area contributed by atoms with Crippen molar-refractivity contribution in [3.8, 4) is 11.5 Å². The van der Waals surface area contributed by atoms with E-state index in [4.69, 9.17) is 4.74 Å². The van der Waals surface area contributed by atoms with Gasteiger partial charge in [0, 0.05) is 24.4 Å². The molecule has 2 aromatic carbocycles. The topological polar surface area (TPSA) is 97.1 Å². The largest absolute Gasteiger partial charge is 0.872 e. The fourth-order valence-electron chi connectivity index (χ4n) is 2.46. The van der Waals surface area contributed by atoms with Crippen LogP contribution in [0.1, 0.15) is 23.6 Å². The second-order valence-corrected chi connectivity index (χ2v) is 5.62. The number of aliphatic hydroxyl groups excluding tert-OH is 1. The van der Waals surface area contributed by atoms with Crippen molar-refractivity contribution in [2.24, 2.45) is 4.99 Å². The fourth-order valence-corrected chi connectivity index (χ4v) is 2.46. The Labute approximate surface area is 153 Å². The van der Waals surface area contributed by atoms with Gasteiger partial charge in [-0.1, -0.05) is 42.5 Å². The van der Waals surface area contributed by atoms with Crippen molar-refractivity contribution >= 4 is 6.21 Å². The number of hydrogen-bond acceptors (Lipinski definition) is 6. The Morgan fingerprint density at radius 2 is 1.96 bits per heavy atom.